The predicted octanol–water partition coefficient (Wildman–Crippen LogP) is 3.04. The molecule has 0 radical (unpaired) electrons. The summed E-state index contributed by atoms with van der Waals surface area (Å²) in [5.74, 6) is 1.97. The van der Waals surface area contributed by atoms with Crippen LogP contribution >= 0.6 is 0 Å². The molecule has 25 heavy (non-hydrogen) atoms. The minimum Gasteiger partial charge on any atom is -0.497 e. The first-order valence-corrected chi connectivity index (χ1v) is 7.70. The largest absolute Gasteiger partial charge is 0.497 e. The molecule has 8 nitrogen and oxygen atoms in total. The zero-order valence-corrected chi connectivity index (χ0v) is 13.6. The number of H-pyrrole nitrogens is 1. The lowest BCUT2D eigenvalue weighted by Crippen LogP contribution is -2.05. The van der Waals surface area contributed by atoms with E-state index in [2.05, 4.69) is 20.5 Å². The number of hydrogen-bond donors (Lipinski definition) is 2. The number of aromatic nitrogens is 3. The van der Waals surface area contributed by atoms with Gasteiger partial charge in [-0.1, -0.05) is 12.1 Å². The number of nitro benzene ring substituents is 1. The lowest BCUT2D eigenvalue weighted by atomic mass is 10.2. The Morgan fingerprint density at radius 1 is 1.24 bits per heavy atom. The number of nitro groups is 1. The number of nitrogens with zero attached hydrogens (tertiary/aromatic N) is 3. The Morgan fingerprint density at radius 2 is 2.04 bits per heavy atom. The van der Waals surface area contributed by atoms with Crippen molar-refractivity contribution in [1.29, 1.82) is 0 Å². The van der Waals surface area contributed by atoms with Crippen LogP contribution in [0.25, 0.3) is 11.4 Å². The third kappa shape index (κ3) is 4.11. The molecular weight excluding hydrogens is 322 g/mol. The van der Waals surface area contributed by atoms with Gasteiger partial charge in [-0.2, -0.15) is 5.10 Å². The van der Waals surface area contributed by atoms with E-state index in [0.29, 0.717) is 30.2 Å². The van der Waals surface area contributed by atoms with Crippen molar-refractivity contribution < 1.29 is 9.66 Å². The minimum atomic E-state index is -0.435. The second kappa shape index (κ2) is 7.43. The molecule has 0 atom stereocenters. The van der Waals surface area contributed by atoms with Crippen LogP contribution in [0.1, 0.15) is 5.82 Å². The Bertz CT molecular complexity index is 861. The Morgan fingerprint density at radius 3 is 2.76 bits per heavy atom. The maximum atomic E-state index is 10.8. The van der Waals surface area contributed by atoms with E-state index in [1.54, 1.807) is 19.2 Å². The summed E-state index contributed by atoms with van der Waals surface area (Å²) in [5, 5.41) is 21.1. The van der Waals surface area contributed by atoms with Gasteiger partial charge in [0, 0.05) is 36.3 Å². The van der Waals surface area contributed by atoms with Crippen LogP contribution in [-0.4, -0.2) is 33.8 Å². The molecule has 2 aromatic carbocycles. The molecule has 0 bridgehead atoms. The first kappa shape index (κ1) is 16.4. The number of anilines is 1. The zero-order valence-electron chi connectivity index (χ0n) is 13.6. The third-order valence-electron chi connectivity index (χ3n) is 3.63. The summed E-state index contributed by atoms with van der Waals surface area (Å²) in [7, 11) is 1.63. The van der Waals surface area contributed by atoms with Crippen molar-refractivity contribution in [3.8, 4) is 17.1 Å². The molecule has 0 aliphatic heterocycles. The Balaban J connectivity index is 1.60. The molecule has 128 valence electrons. The molecular formula is C17H17N5O3. The molecule has 3 aromatic rings. The lowest BCUT2D eigenvalue weighted by Gasteiger charge is -2.05. The smallest absolute Gasteiger partial charge is 0.270 e. The van der Waals surface area contributed by atoms with Crippen molar-refractivity contribution in [2.75, 3.05) is 19.0 Å². The van der Waals surface area contributed by atoms with Gasteiger partial charge < -0.3 is 10.1 Å². The number of hydrogen-bond acceptors (Lipinski definition) is 6. The topological polar surface area (TPSA) is 106 Å². The number of aromatic amines is 1. The summed E-state index contributed by atoms with van der Waals surface area (Å²) in [6.07, 6.45) is 0.647. The van der Waals surface area contributed by atoms with Crippen LogP contribution in [0.15, 0.2) is 48.5 Å². The summed E-state index contributed by atoms with van der Waals surface area (Å²) < 4.78 is 5.12. The van der Waals surface area contributed by atoms with Gasteiger partial charge in [0.2, 0.25) is 0 Å². The summed E-state index contributed by atoms with van der Waals surface area (Å²) in [5.41, 5.74) is 1.61. The fourth-order valence-corrected chi connectivity index (χ4v) is 2.33. The summed E-state index contributed by atoms with van der Waals surface area (Å²) >= 11 is 0. The summed E-state index contributed by atoms with van der Waals surface area (Å²) in [4.78, 5) is 14.8. The Hall–Kier alpha value is -3.42. The SMILES string of the molecule is COc1ccc(NCCc2nc(-c3cccc([N+](=O)[O-])c3)n[nH]2)cc1. The predicted molar refractivity (Wildman–Crippen MR) is 93.7 cm³/mol. The van der Waals surface area contributed by atoms with E-state index in [1.807, 2.05) is 24.3 Å². The molecule has 0 saturated carbocycles. The number of ether oxygens (including phenoxy) is 1. The highest BCUT2D eigenvalue weighted by molar-refractivity contribution is 5.58. The molecule has 0 aliphatic carbocycles. The van der Waals surface area contributed by atoms with Crippen molar-refractivity contribution in [3.05, 3.63) is 64.5 Å². The van der Waals surface area contributed by atoms with Crippen molar-refractivity contribution in [2.45, 2.75) is 6.42 Å². The molecule has 2 N–H and O–H groups in total. The first-order chi connectivity index (χ1) is 12.2. The molecule has 1 aromatic heterocycles. The van der Waals surface area contributed by atoms with Gasteiger partial charge >= 0.3 is 0 Å². The summed E-state index contributed by atoms with van der Waals surface area (Å²) in [6.45, 7) is 0.676. The monoisotopic (exact) mass is 339 g/mol. The van der Waals surface area contributed by atoms with Crippen LogP contribution in [0, 0.1) is 10.1 Å². The van der Waals surface area contributed by atoms with Crippen LogP contribution in [0.5, 0.6) is 5.75 Å². The van der Waals surface area contributed by atoms with Crippen molar-refractivity contribution in [2.24, 2.45) is 0 Å². The Labute approximate surface area is 144 Å². The third-order valence-corrected chi connectivity index (χ3v) is 3.63. The van der Waals surface area contributed by atoms with E-state index in [0.717, 1.165) is 11.4 Å². The van der Waals surface area contributed by atoms with Crippen LogP contribution < -0.4 is 10.1 Å². The van der Waals surface area contributed by atoms with Crippen LogP contribution in [0.2, 0.25) is 0 Å². The van der Waals surface area contributed by atoms with Gasteiger partial charge in [0.15, 0.2) is 5.82 Å². The number of rotatable bonds is 7. The molecule has 0 saturated heterocycles. The maximum Gasteiger partial charge on any atom is 0.270 e. The number of non-ortho nitro benzene ring substituents is 1. The van der Waals surface area contributed by atoms with E-state index in [1.165, 1.54) is 12.1 Å². The summed E-state index contributed by atoms with van der Waals surface area (Å²) in [6, 6.07) is 13.9. The van der Waals surface area contributed by atoms with E-state index in [9.17, 15) is 10.1 Å². The van der Waals surface area contributed by atoms with Gasteiger partial charge in [0.1, 0.15) is 11.6 Å². The molecule has 0 aliphatic rings. The van der Waals surface area contributed by atoms with Crippen LogP contribution in [0.3, 0.4) is 0 Å². The van der Waals surface area contributed by atoms with Crippen molar-refractivity contribution in [3.63, 3.8) is 0 Å². The molecule has 0 fully saturated rings. The first-order valence-electron chi connectivity index (χ1n) is 7.70. The highest BCUT2D eigenvalue weighted by Gasteiger charge is 2.11. The minimum absolute atomic E-state index is 0.0185. The lowest BCUT2D eigenvalue weighted by molar-refractivity contribution is -0.384. The fraction of sp³-hybridized carbons (Fsp3) is 0.176. The fourth-order valence-electron chi connectivity index (χ4n) is 2.33. The number of benzene rings is 2. The quantitative estimate of drug-likeness (QED) is 0.506. The molecule has 8 heteroatoms. The van der Waals surface area contributed by atoms with Gasteiger partial charge in [-0.05, 0) is 24.3 Å². The van der Waals surface area contributed by atoms with E-state index in [-0.39, 0.29) is 5.69 Å². The normalized spacial score (nSPS) is 10.4. The standard InChI is InChI=1S/C17H17N5O3/c1-25-15-7-5-13(6-8-15)18-10-9-16-19-17(21-20-16)12-3-2-4-14(11-12)22(23)24/h2-8,11,18H,9-10H2,1H3,(H,19,20,21). The van der Waals surface area contributed by atoms with Gasteiger partial charge in [-0.25, -0.2) is 4.98 Å². The highest BCUT2D eigenvalue weighted by atomic mass is 16.6. The zero-order chi connectivity index (χ0) is 17.6. The second-order valence-corrected chi connectivity index (χ2v) is 5.32. The van der Waals surface area contributed by atoms with Gasteiger partial charge in [0.25, 0.3) is 5.69 Å². The van der Waals surface area contributed by atoms with Crippen LogP contribution in [0.4, 0.5) is 11.4 Å². The maximum absolute atomic E-state index is 10.8. The number of methoxy groups -OCH3 is 1. The molecule has 1 heterocycles. The van der Waals surface area contributed by atoms with Gasteiger partial charge in [-0.15, -0.1) is 0 Å². The van der Waals surface area contributed by atoms with E-state index >= 15 is 0 Å². The van der Waals surface area contributed by atoms with E-state index in [4.69, 9.17) is 4.74 Å². The molecule has 0 amide bonds. The number of nitrogens with one attached hydrogen (secondary N) is 2. The van der Waals surface area contributed by atoms with Gasteiger partial charge in [-0.3, -0.25) is 15.2 Å². The second-order valence-electron chi connectivity index (χ2n) is 5.32. The van der Waals surface area contributed by atoms with Crippen molar-refractivity contribution in [1.82, 2.24) is 15.2 Å². The highest BCUT2D eigenvalue weighted by Crippen LogP contribution is 2.20. The molecule has 0 spiro atoms. The van der Waals surface area contributed by atoms with Crippen LogP contribution in [-0.2, 0) is 6.42 Å². The average molecular weight is 339 g/mol. The molecule has 3 rings (SSSR count). The Kier molecular flexibility index (Phi) is 4.89. The van der Waals surface area contributed by atoms with E-state index < -0.39 is 4.92 Å². The van der Waals surface area contributed by atoms with Crippen molar-refractivity contribution >= 4 is 11.4 Å². The molecule has 0 unspecified atom stereocenters. The average Bonchev–Trinajstić information content (AvgIpc) is 3.11. The van der Waals surface area contributed by atoms with Gasteiger partial charge in [0.05, 0.1) is 12.0 Å².